The molecule has 0 radical (unpaired) electrons. The quantitative estimate of drug-likeness (QED) is 0.809. The van der Waals surface area contributed by atoms with Crippen LogP contribution in [0.1, 0.15) is 18.1 Å². The summed E-state index contributed by atoms with van der Waals surface area (Å²) in [7, 11) is 0. The van der Waals surface area contributed by atoms with Gasteiger partial charge in [0, 0.05) is 19.0 Å². The molecular weight excluding hydrogens is 293 g/mol. The van der Waals surface area contributed by atoms with Crippen LogP contribution in [0, 0.1) is 5.82 Å². The summed E-state index contributed by atoms with van der Waals surface area (Å²) in [4.78, 5) is 0. The van der Waals surface area contributed by atoms with E-state index in [1.807, 2.05) is 0 Å². The highest BCUT2D eigenvalue weighted by molar-refractivity contribution is 5.77. The van der Waals surface area contributed by atoms with E-state index >= 15 is 0 Å². The van der Waals surface area contributed by atoms with Gasteiger partial charge in [-0.25, -0.2) is 17.9 Å². The van der Waals surface area contributed by atoms with Gasteiger partial charge in [0.1, 0.15) is 17.0 Å². The lowest BCUT2D eigenvalue weighted by Gasteiger charge is -2.10. The normalized spacial score (nSPS) is 12.0. The molecule has 4 nitrogen and oxygen atoms in total. The Kier molecular flexibility index (Phi) is 3.37. The molecule has 0 aliphatic carbocycles. The predicted molar refractivity (Wildman–Crippen MR) is 76.3 cm³/mol. The maximum absolute atomic E-state index is 14.1. The summed E-state index contributed by atoms with van der Waals surface area (Å²) < 4.78 is 42.1. The fourth-order valence-corrected chi connectivity index (χ4v) is 2.22. The monoisotopic (exact) mass is 306 g/mol. The second-order valence-electron chi connectivity index (χ2n) is 5.08. The van der Waals surface area contributed by atoms with Crippen LogP contribution in [-0.2, 0) is 12.5 Å². The molecule has 0 bridgehead atoms. The first kappa shape index (κ1) is 14.5. The van der Waals surface area contributed by atoms with Gasteiger partial charge in [0.15, 0.2) is 0 Å². The van der Waals surface area contributed by atoms with E-state index in [4.69, 9.17) is 5.73 Å². The molecule has 114 valence electrons. The molecule has 2 aromatic carbocycles. The number of halogens is 3. The molecule has 0 saturated carbocycles. The van der Waals surface area contributed by atoms with Crippen molar-refractivity contribution in [2.45, 2.75) is 19.4 Å². The van der Waals surface area contributed by atoms with Gasteiger partial charge in [-0.15, -0.1) is 5.10 Å². The zero-order chi connectivity index (χ0) is 15.9. The number of nitrogens with zero attached hydrogens (tertiary/aromatic N) is 3. The summed E-state index contributed by atoms with van der Waals surface area (Å²) in [5.74, 6) is -3.47. The Morgan fingerprint density at radius 1 is 1.18 bits per heavy atom. The van der Waals surface area contributed by atoms with E-state index in [2.05, 4.69) is 10.3 Å². The number of hydrogen-bond donors (Lipinski definition) is 1. The second-order valence-corrected chi connectivity index (χ2v) is 5.08. The molecule has 1 aromatic heterocycles. The highest BCUT2D eigenvalue weighted by Crippen LogP contribution is 2.29. The van der Waals surface area contributed by atoms with Gasteiger partial charge in [-0.3, -0.25) is 0 Å². The van der Waals surface area contributed by atoms with E-state index in [1.165, 1.54) is 35.0 Å². The van der Waals surface area contributed by atoms with Gasteiger partial charge < -0.3 is 5.73 Å². The summed E-state index contributed by atoms with van der Waals surface area (Å²) >= 11 is 0. The molecule has 0 atom stereocenters. The van der Waals surface area contributed by atoms with Crippen molar-refractivity contribution >= 4 is 11.0 Å². The molecule has 22 heavy (non-hydrogen) atoms. The second kappa shape index (κ2) is 5.10. The van der Waals surface area contributed by atoms with E-state index < -0.39 is 11.7 Å². The van der Waals surface area contributed by atoms with Crippen molar-refractivity contribution in [1.82, 2.24) is 15.0 Å². The lowest BCUT2D eigenvalue weighted by molar-refractivity contribution is 0.0176. The van der Waals surface area contributed by atoms with E-state index in [9.17, 15) is 13.2 Å². The van der Waals surface area contributed by atoms with Gasteiger partial charge in [-0.2, -0.15) is 0 Å². The minimum atomic E-state index is -2.97. The van der Waals surface area contributed by atoms with Crippen molar-refractivity contribution in [2.24, 2.45) is 5.73 Å². The number of benzene rings is 2. The molecule has 0 fully saturated rings. The van der Waals surface area contributed by atoms with E-state index in [1.54, 1.807) is 6.07 Å². The topological polar surface area (TPSA) is 56.7 Å². The standard InChI is InChI=1S/C15H13F3N4/c1-15(17,18)10-3-5-14-12(7-10)20-21-22(14)13-4-2-9(8-19)6-11(13)16/h2-7H,8,19H2,1H3. The highest BCUT2D eigenvalue weighted by Gasteiger charge is 2.25. The van der Waals surface area contributed by atoms with Gasteiger partial charge in [-0.05, 0) is 29.8 Å². The van der Waals surface area contributed by atoms with E-state index in [0.29, 0.717) is 11.1 Å². The molecule has 0 aliphatic rings. The molecule has 3 rings (SSSR count). The maximum atomic E-state index is 14.1. The van der Waals surface area contributed by atoms with Gasteiger partial charge in [0.25, 0.3) is 5.92 Å². The molecule has 0 spiro atoms. The number of aromatic nitrogens is 3. The largest absolute Gasteiger partial charge is 0.326 e. The first-order valence-corrected chi connectivity index (χ1v) is 6.63. The summed E-state index contributed by atoms with van der Waals surface area (Å²) in [6.45, 7) is 1.04. The lowest BCUT2D eigenvalue weighted by Crippen LogP contribution is -2.06. The third kappa shape index (κ3) is 2.43. The number of alkyl halides is 2. The minimum absolute atomic E-state index is 0.161. The summed E-state index contributed by atoms with van der Waals surface area (Å²) in [5.41, 5.74) is 6.87. The van der Waals surface area contributed by atoms with Crippen molar-refractivity contribution in [3.63, 3.8) is 0 Å². The predicted octanol–water partition coefficient (Wildman–Crippen LogP) is 3.13. The fraction of sp³-hybridized carbons (Fsp3) is 0.200. The molecular formula is C15H13F3N4. The minimum Gasteiger partial charge on any atom is -0.326 e. The average molecular weight is 306 g/mol. The van der Waals surface area contributed by atoms with Gasteiger partial charge >= 0.3 is 0 Å². The van der Waals surface area contributed by atoms with Gasteiger partial charge in [0.2, 0.25) is 0 Å². The van der Waals surface area contributed by atoms with Crippen molar-refractivity contribution in [2.75, 3.05) is 0 Å². The number of fused-ring (bicyclic) bond motifs is 1. The Hall–Kier alpha value is -2.41. The van der Waals surface area contributed by atoms with Crippen LogP contribution in [0.3, 0.4) is 0 Å². The van der Waals surface area contributed by atoms with Crippen molar-refractivity contribution in [3.8, 4) is 5.69 Å². The van der Waals surface area contributed by atoms with Crippen molar-refractivity contribution in [1.29, 1.82) is 0 Å². The van der Waals surface area contributed by atoms with Crippen LogP contribution in [-0.4, -0.2) is 15.0 Å². The first-order valence-electron chi connectivity index (χ1n) is 6.63. The molecule has 0 saturated heterocycles. The lowest BCUT2D eigenvalue weighted by atomic mass is 10.1. The van der Waals surface area contributed by atoms with Crippen LogP contribution in [0.5, 0.6) is 0 Å². The Morgan fingerprint density at radius 2 is 1.95 bits per heavy atom. The average Bonchev–Trinajstić information content (AvgIpc) is 2.89. The highest BCUT2D eigenvalue weighted by atomic mass is 19.3. The van der Waals surface area contributed by atoms with Crippen LogP contribution in [0.4, 0.5) is 13.2 Å². The third-order valence-electron chi connectivity index (χ3n) is 3.43. The molecule has 2 N–H and O–H groups in total. The van der Waals surface area contributed by atoms with Crippen LogP contribution >= 0.6 is 0 Å². The maximum Gasteiger partial charge on any atom is 0.270 e. The smallest absolute Gasteiger partial charge is 0.270 e. The Balaban J connectivity index is 2.13. The fourth-order valence-electron chi connectivity index (χ4n) is 2.22. The molecule has 7 heteroatoms. The number of rotatable bonds is 3. The molecule has 0 aliphatic heterocycles. The van der Waals surface area contributed by atoms with Crippen molar-refractivity contribution < 1.29 is 13.2 Å². The van der Waals surface area contributed by atoms with Gasteiger partial charge in [0.05, 0.1) is 5.52 Å². The number of hydrogen-bond acceptors (Lipinski definition) is 3. The molecule has 3 aromatic rings. The van der Waals surface area contributed by atoms with Crippen LogP contribution in [0.2, 0.25) is 0 Å². The zero-order valence-electron chi connectivity index (χ0n) is 11.7. The number of nitrogens with two attached hydrogens (primary N) is 1. The zero-order valence-corrected chi connectivity index (χ0v) is 11.7. The SMILES string of the molecule is CC(F)(F)c1ccc2c(c1)nnn2-c1ccc(CN)cc1F. The van der Waals surface area contributed by atoms with Crippen LogP contribution < -0.4 is 5.73 Å². The summed E-state index contributed by atoms with van der Waals surface area (Å²) in [6, 6.07) is 8.53. The molecule has 0 amide bonds. The summed E-state index contributed by atoms with van der Waals surface area (Å²) in [5, 5.41) is 7.70. The Labute approximate surface area is 124 Å². The molecule has 0 unspecified atom stereocenters. The Morgan fingerprint density at radius 3 is 2.59 bits per heavy atom. The van der Waals surface area contributed by atoms with E-state index in [0.717, 1.165) is 6.92 Å². The third-order valence-corrected chi connectivity index (χ3v) is 3.43. The summed E-state index contributed by atoms with van der Waals surface area (Å²) in [6.07, 6.45) is 0. The van der Waals surface area contributed by atoms with Crippen molar-refractivity contribution in [3.05, 3.63) is 53.3 Å². The van der Waals surface area contributed by atoms with Crippen LogP contribution in [0.25, 0.3) is 16.7 Å². The van der Waals surface area contributed by atoms with E-state index in [-0.39, 0.29) is 23.3 Å². The van der Waals surface area contributed by atoms with Gasteiger partial charge in [-0.1, -0.05) is 17.3 Å². The first-order chi connectivity index (χ1) is 10.4. The van der Waals surface area contributed by atoms with Crippen LogP contribution in [0.15, 0.2) is 36.4 Å². The molecule has 1 heterocycles. The Bertz CT molecular complexity index is 836.